The Bertz CT molecular complexity index is 1380. The van der Waals surface area contributed by atoms with E-state index in [0.717, 1.165) is 55.6 Å². The fourth-order valence-corrected chi connectivity index (χ4v) is 4.89. The Balaban J connectivity index is 1.43. The van der Waals surface area contributed by atoms with Crippen LogP contribution in [0.3, 0.4) is 0 Å². The van der Waals surface area contributed by atoms with Crippen LogP contribution in [0.4, 0.5) is 0 Å². The van der Waals surface area contributed by atoms with Gasteiger partial charge in [-0.25, -0.2) is 0 Å². The molecule has 0 amide bonds. The molecule has 0 saturated carbocycles. The van der Waals surface area contributed by atoms with E-state index in [1.807, 2.05) is 0 Å². The minimum Gasteiger partial charge on any atom is -0.494 e. The first-order valence-corrected chi connectivity index (χ1v) is 13.2. The molecule has 0 unspecified atom stereocenters. The number of hydrogen-bond acceptors (Lipinski definition) is 2. The quantitative estimate of drug-likeness (QED) is 0.178. The lowest BCUT2D eigenvalue weighted by Gasteiger charge is -2.14. The molecule has 1 aromatic heterocycles. The lowest BCUT2D eigenvalue weighted by atomic mass is 9.93. The molecule has 0 N–H and O–H groups in total. The molecule has 0 radical (unpaired) electrons. The van der Waals surface area contributed by atoms with E-state index in [9.17, 15) is 0 Å². The lowest BCUT2D eigenvalue weighted by Crippen LogP contribution is -2.01. The number of benzene rings is 4. The van der Waals surface area contributed by atoms with E-state index in [1.165, 1.54) is 33.2 Å². The van der Waals surface area contributed by atoms with Crippen LogP contribution >= 0.6 is 0 Å². The van der Waals surface area contributed by atoms with Crippen LogP contribution in [0.5, 0.6) is 5.75 Å². The molecule has 36 heavy (non-hydrogen) atoms. The Morgan fingerprint density at radius 3 is 2.28 bits per heavy atom. The largest absolute Gasteiger partial charge is 0.494 e. The molecule has 0 aliphatic rings. The van der Waals surface area contributed by atoms with Crippen molar-refractivity contribution in [2.75, 3.05) is 6.61 Å². The molecule has 5 rings (SSSR count). The van der Waals surface area contributed by atoms with Gasteiger partial charge in [0.05, 0.1) is 6.61 Å². The van der Waals surface area contributed by atoms with Gasteiger partial charge in [-0.05, 0) is 59.7 Å². The topological polar surface area (TPSA) is 22.4 Å². The van der Waals surface area contributed by atoms with Crippen molar-refractivity contribution >= 4 is 11.0 Å². The zero-order valence-corrected chi connectivity index (χ0v) is 21.1. The number of ether oxygens (including phenoxy) is 1. The van der Waals surface area contributed by atoms with E-state index < -0.39 is 0 Å². The van der Waals surface area contributed by atoms with Crippen molar-refractivity contribution < 1.29 is 9.15 Å². The van der Waals surface area contributed by atoms with Gasteiger partial charge in [0.25, 0.3) is 0 Å². The molecule has 1 heterocycles. The van der Waals surface area contributed by atoms with Gasteiger partial charge in [-0.1, -0.05) is 98.3 Å². The maximum Gasteiger partial charge on any atom is 0.134 e. The van der Waals surface area contributed by atoms with E-state index in [-0.39, 0.29) is 0 Å². The Labute approximate surface area is 214 Å². The van der Waals surface area contributed by atoms with Crippen LogP contribution < -0.4 is 4.74 Å². The van der Waals surface area contributed by atoms with Crippen molar-refractivity contribution in [2.24, 2.45) is 0 Å². The monoisotopic (exact) mass is 474 g/mol. The van der Waals surface area contributed by atoms with Crippen molar-refractivity contribution in [2.45, 2.75) is 45.4 Å². The van der Waals surface area contributed by atoms with E-state index in [4.69, 9.17) is 9.15 Å². The predicted octanol–water partition coefficient (Wildman–Crippen LogP) is 9.04. The maximum absolute atomic E-state index is 6.34. The molecule has 4 aromatic carbocycles. The zero-order chi connectivity index (χ0) is 24.6. The van der Waals surface area contributed by atoms with E-state index in [1.54, 1.807) is 0 Å². The summed E-state index contributed by atoms with van der Waals surface area (Å²) >= 11 is 0. The minimum atomic E-state index is 0.704. The van der Waals surface area contributed by atoms with Gasteiger partial charge in [0.2, 0.25) is 0 Å². The number of furan rings is 1. The summed E-state index contributed by atoms with van der Waals surface area (Å²) in [4.78, 5) is 0. The van der Waals surface area contributed by atoms with E-state index in [0.29, 0.717) is 6.61 Å². The molecule has 0 aliphatic heterocycles. The standard InChI is InChI=1S/C34H34O2/c1-2-3-19-34-32(31-18-10-11-20-33(31)36-34)25-28-24-29(21-22-30(28)27-16-8-5-9-17-27)35-23-12-15-26-13-6-4-7-14-26/h4-11,13-14,16-18,20-22,24H,2-3,12,15,19,23,25H2,1H3. The van der Waals surface area contributed by atoms with Gasteiger partial charge >= 0.3 is 0 Å². The first-order chi connectivity index (χ1) is 17.8. The second-order valence-electron chi connectivity index (χ2n) is 9.40. The van der Waals surface area contributed by atoms with Crippen LogP contribution in [0, 0.1) is 0 Å². The van der Waals surface area contributed by atoms with Crippen molar-refractivity contribution in [3.8, 4) is 16.9 Å². The SMILES string of the molecule is CCCCc1oc2ccccc2c1Cc1cc(OCCCc2ccccc2)ccc1-c1ccccc1. The Morgan fingerprint density at radius 2 is 1.47 bits per heavy atom. The van der Waals surface area contributed by atoms with E-state index >= 15 is 0 Å². The van der Waals surface area contributed by atoms with Gasteiger partial charge in [-0.3, -0.25) is 0 Å². The first kappa shape index (κ1) is 23.9. The second-order valence-corrected chi connectivity index (χ2v) is 9.40. The average molecular weight is 475 g/mol. The average Bonchev–Trinajstić information content (AvgIpc) is 3.28. The summed E-state index contributed by atoms with van der Waals surface area (Å²) < 4.78 is 12.6. The van der Waals surface area contributed by atoms with Crippen molar-refractivity contribution in [3.63, 3.8) is 0 Å². The predicted molar refractivity (Wildman–Crippen MR) is 150 cm³/mol. The highest BCUT2D eigenvalue weighted by Gasteiger charge is 2.17. The summed E-state index contributed by atoms with van der Waals surface area (Å²) in [6, 6.07) is 36.2. The number of hydrogen-bond donors (Lipinski definition) is 0. The number of fused-ring (bicyclic) bond motifs is 1. The van der Waals surface area contributed by atoms with Gasteiger partial charge in [0.15, 0.2) is 0 Å². The Kier molecular flexibility index (Phi) is 7.83. The van der Waals surface area contributed by atoms with Gasteiger partial charge < -0.3 is 9.15 Å². The third-order valence-electron chi connectivity index (χ3n) is 6.79. The van der Waals surface area contributed by atoms with Crippen molar-refractivity contribution in [1.82, 2.24) is 0 Å². The molecular formula is C34H34O2. The Hall–Kier alpha value is -3.78. The van der Waals surface area contributed by atoms with Gasteiger partial charge in [-0.2, -0.15) is 0 Å². The molecule has 2 heteroatoms. The minimum absolute atomic E-state index is 0.704. The molecular weight excluding hydrogens is 440 g/mol. The number of rotatable bonds is 11. The molecule has 182 valence electrons. The highest BCUT2D eigenvalue weighted by Crippen LogP contribution is 2.34. The van der Waals surface area contributed by atoms with Gasteiger partial charge in [-0.15, -0.1) is 0 Å². The van der Waals surface area contributed by atoms with Crippen LogP contribution in [-0.2, 0) is 19.3 Å². The summed E-state index contributed by atoms with van der Waals surface area (Å²) in [5, 5.41) is 1.22. The number of para-hydroxylation sites is 1. The van der Waals surface area contributed by atoms with Crippen LogP contribution in [0.2, 0.25) is 0 Å². The first-order valence-electron chi connectivity index (χ1n) is 13.2. The van der Waals surface area contributed by atoms with Crippen LogP contribution in [0.25, 0.3) is 22.1 Å². The van der Waals surface area contributed by atoms with Gasteiger partial charge in [0.1, 0.15) is 17.1 Å². The summed E-state index contributed by atoms with van der Waals surface area (Å²) in [5.41, 5.74) is 7.38. The fraction of sp³-hybridized carbons (Fsp3) is 0.235. The summed E-state index contributed by atoms with van der Waals surface area (Å²) in [5.74, 6) is 2.05. The summed E-state index contributed by atoms with van der Waals surface area (Å²) in [7, 11) is 0. The molecule has 2 nitrogen and oxygen atoms in total. The summed E-state index contributed by atoms with van der Waals surface area (Å²) in [6.07, 6.45) is 6.09. The van der Waals surface area contributed by atoms with Gasteiger partial charge in [0, 0.05) is 23.8 Å². The molecule has 0 atom stereocenters. The normalized spacial score (nSPS) is 11.1. The van der Waals surface area contributed by atoms with Crippen LogP contribution in [0.15, 0.2) is 108 Å². The highest BCUT2D eigenvalue weighted by atomic mass is 16.5. The molecule has 0 aliphatic carbocycles. The zero-order valence-electron chi connectivity index (χ0n) is 21.1. The maximum atomic E-state index is 6.34. The van der Waals surface area contributed by atoms with E-state index in [2.05, 4.69) is 110 Å². The molecule has 0 fully saturated rings. The molecule has 0 bridgehead atoms. The molecule has 0 saturated heterocycles. The van der Waals surface area contributed by atoms with Crippen molar-refractivity contribution in [3.05, 3.63) is 126 Å². The lowest BCUT2D eigenvalue weighted by molar-refractivity contribution is 0.311. The van der Waals surface area contributed by atoms with Crippen molar-refractivity contribution in [1.29, 1.82) is 0 Å². The Morgan fingerprint density at radius 1 is 0.722 bits per heavy atom. The number of aryl methyl sites for hydroxylation is 2. The highest BCUT2D eigenvalue weighted by molar-refractivity contribution is 5.83. The number of unbranched alkanes of at least 4 members (excludes halogenated alkanes) is 1. The third-order valence-corrected chi connectivity index (χ3v) is 6.79. The second kappa shape index (κ2) is 11.8. The molecule has 5 aromatic rings. The summed E-state index contributed by atoms with van der Waals surface area (Å²) in [6.45, 7) is 2.93. The fourth-order valence-electron chi connectivity index (χ4n) is 4.89. The third kappa shape index (κ3) is 5.71. The molecule has 0 spiro atoms. The van der Waals surface area contributed by atoms with Crippen LogP contribution in [-0.4, -0.2) is 6.61 Å². The smallest absolute Gasteiger partial charge is 0.134 e. The van der Waals surface area contributed by atoms with Crippen LogP contribution in [0.1, 0.15) is 48.6 Å².